The molecule has 3 rings (SSSR count). The summed E-state index contributed by atoms with van der Waals surface area (Å²) >= 11 is 5.93. The molecule has 0 bridgehead atoms. The van der Waals surface area contributed by atoms with Crippen molar-refractivity contribution in [3.8, 4) is 17.5 Å². The molecule has 0 radical (unpaired) electrons. The summed E-state index contributed by atoms with van der Waals surface area (Å²) in [5.74, 6) is -0.858. The van der Waals surface area contributed by atoms with Crippen molar-refractivity contribution in [2.45, 2.75) is 13.0 Å². The third-order valence-corrected chi connectivity index (χ3v) is 4.05. The SMILES string of the molecule is C[C@@H](OC(=O)c1ccc(-c2nnco2)cc1)C(=O)Nc1ccc(C#N)c(Cl)c1. The summed E-state index contributed by atoms with van der Waals surface area (Å²) in [4.78, 5) is 24.5. The van der Waals surface area contributed by atoms with Gasteiger partial charge < -0.3 is 14.5 Å². The van der Waals surface area contributed by atoms with Crippen molar-refractivity contribution in [3.05, 3.63) is 65.0 Å². The average molecular weight is 397 g/mol. The average Bonchev–Trinajstić information content (AvgIpc) is 3.23. The van der Waals surface area contributed by atoms with Crippen LogP contribution in [0.25, 0.3) is 11.5 Å². The second-order valence-electron chi connectivity index (χ2n) is 5.66. The highest BCUT2D eigenvalue weighted by Crippen LogP contribution is 2.21. The van der Waals surface area contributed by atoms with E-state index in [4.69, 9.17) is 26.0 Å². The molecule has 3 aromatic rings. The third kappa shape index (κ3) is 4.34. The number of nitrogens with one attached hydrogen (secondary N) is 1. The molecule has 1 N–H and O–H groups in total. The van der Waals surface area contributed by atoms with Crippen molar-refractivity contribution in [2.24, 2.45) is 0 Å². The molecule has 0 aliphatic rings. The maximum atomic E-state index is 12.2. The number of halogens is 1. The van der Waals surface area contributed by atoms with Gasteiger partial charge in [-0.25, -0.2) is 4.79 Å². The molecule has 28 heavy (non-hydrogen) atoms. The molecule has 0 saturated carbocycles. The molecule has 8 nitrogen and oxygen atoms in total. The molecule has 1 aromatic heterocycles. The number of carbonyl (C=O) groups is 2. The van der Waals surface area contributed by atoms with E-state index in [1.807, 2.05) is 6.07 Å². The Morgan fingerprint density at radius 2 is 2.00 bits per heavy atom. The number of hydrogen-bond donors (Lipinski definition) is 1. The Morgan fingerprint density at radius 3 is 2.61 bits per heavy atom. The first-order valence-corrected chi connectivity index (χ1v) is 8.44. The Bertz CT molecular complexity index is 1040. The highest BCUT2D eigenvalue weighted by Gasteiger charge is 2.19. The molecule has 140 valence electrons. The molecule has 0 aliphatic heterocycles. The van der Waals surface area contributed by atoms with Gasteiger partial charge >= 0.3 is 5.97 Å². The second kappa shape index (κ2) is 8.33. The number of aromatic nitrogens is 2. The van der Waals surface area contributed by atoms with Crippen LogP contribution in [0.2, 0.25) is 5.02 Å². The van der Waals surface area contributed by atoms with Crippen LogP contribution in [-0.4, -0.2) is 28.2 Å². The molecule has 9 heteroatoms. The van der Waals surface area contributed by atoms with Gasteiger partial charge in [0.15, 0.2) is 6.10 Å². The Hall–Kier alpha value is -3.70. The van der Waals surface area contributed by atoms with Crippen molar-refractivity contribution in [2.75, 3.05) is 5.32 Å². The second-order valence-corrected chi connectivity index (χ2v) is 6.07. The molecular weight excluding hydrogens is 384 g/mol. The van der Waals surface area contributed by atoms with Crippen LogP contribution in [0.5, 0.6) is 0 Å². The molecule has 2 aromatic carbocycles. The zero-order chi connectivity index (χ0) is 20.1. The van der Waals surface area contributed by atoms with E-state index in [2.05, 4.69) is 15.5 Å². The predicted octanol–water partition coefficient (Wildman–Crippen LogP) is 3.45. The summed E-state index contributed by atoms with van der Waals surface area (Å²) in [6.45, 7) is 1.45. The Balaban J connectivity index is 1.61. The quantitative estimate of drug-likeness (QED) is 0.656. The van der Waals surface area contributed by atoms with Gasteiger partial charge in [0, 0.05) is 11.3 Å². The summed E-state index contributed by atoms with van der Waals surface area (Å²) in [5.41, 5.74) is 1.60. The minimum atomic E-state index is -1.04. The third-order valence-electron chi connectivity index (χ3n) is 3.74. The number of carbonyl (C=O) groups excluding carboxylic acids is 2. The lowest BCUT2D eigenvalue weighted by Crippen LogP contribution is -2.30. The fourth-order valence-corrected chi connectivity index (χ4v) is 2.48. The van der Waals surface area contributed by atoms with E-state index in [0.29, 0.717) is 22.7 Å². The van der Waals surface area contributed by atoms with E-state index in [1.165, 1.54) is 43.6 Å². The first-order valence-electron chi connectivity index (χ1n) is 8.06. The van der Waals surface area contributed by atoms with Gasteiger partial charge in [0.25, 0.3) is 5.91 Å². The number of nitrogens with zero attached hydrogens (tertiary/aromatic N) is 3. The molecule has 0 spiro atoms. The normalized spacial score (nSPS) is 11.3. The van der Waals surface area contributed by atoms with Crippen LogP contribution in [-0.2, 0) is 9.53 Å². The minimum absolute atomic E-state index is 0.214. The number of esters is 1. The maximum absolute atomic E-state index is 12.2. The Kier molecular flexibility index (Phi) is 5.67. The van der Waals surface area contributed by atoms with Gasteiger partial charge in [-0.2, -0.15) is 5.26 Å². The number of rotatable bonds is 5. The lowest BCUT2D eigenvalue weighted by Gasteiger charge is -2.14. The van der Waals surface area contributed by atoms with Gasteiger partial charge in [-0.05, 0) is 49.4 Å². The van der Waals surface area contributed by atoms with E-state index < -0.39 is 18.0 Å². The molecule has 1 heterocycles. The van der Waals surface area contributed by atoms with Crippen LogP contribution >= 0.6 is 11.6 Å². The first-order chi connectivity index (χ1) is 13.5. The highest BCUT2D eigenvalue weighted by molar-refractivity contribution is 6.32. The molecular formula is C19H13ClN4O4. The van der Waals surface area contributed by atoms with Crippen LogP contribution in [0, 0.1) is 11.3 Å². The van der Waals surface area contributed by atoms with Crippen molar-refractivity contribution < 1.29 is 18.7 Å². The van der Waals surface area contributed by atoms with Gasteiger partial charge in [0.1, 0.15) is 6.07 Å². The largest absolute Gasteiger partial charge is 0.449 e. The van der Waals surface area contributed by atoms with Gasteiger partial charge in [-0.3, -0.25) is 4.79 Å². The summed E-state index contributed by atoms with van der Waals surface area (Å²) in [6.07, 6.45) is 0.163. The van der Waals surface area contributed by atoms with E-state index >= 15 is 0 Å². The van der Waals surface area contributed by atoms with Crippen LogP contribution in [0.4, 0.5) is 5.69 Å². The highest BCUT2D eigenvalue weighted by atomic mass is 35.5. The van der Waals surface area contributed by atoms with Crippen molar-refractivity contribution >= 4 is 29.2 Å². The monoisotopic (exact) mass is 396 g/mol. The zero-order valence-electron chi connectivity index (χ0n) is 14.5. The molecule has 1 atom stereocenters. The summed E-state index contributed by atoms with van der Waals surface area (Å²) < 4.78 is 10.3. The summed E-state index contributed by atoms with van der Waals surface area (Å²) in [5, 5.41) is 19.0. The number of benzene rings is 2. The number of amides is 1. The molecule has 0 saturated heterocycles. The smallest absolute Gasteiger partial charge is 0.338 e. The lowest BCUT2D eigenvalue weighted by molar-refractivity contribution is -0.123. The lowest BCUT2D eigenvalue weighted by atomic mass is 10.1. The minimum Gasteiger partial charge on any atom is -0.449 e. The van der Waals surface area contributed by atoms with Crippen LogP contribution in [0.15, 0.2) is 53.3 Å². The first kappa shape index (κ1) is 19.1. The molecule has 0 unspecified atom stereocenters. The Morgan fingerprint density at radius 1 is 1.25 bits per heavy atom. The summed E-state index contributed by atoms with van der Waals surface area (Å²) in [6, 6.07) is 12.7. The van der Waals surface area contributed by atoms with Crippen LogP contribution in [0.3, 0.4) is 0 Å². The topological polar surface area (TPSA) is 118 Å². The summed E-state index contributed by atoms with van der Waals surface area (Å²) in [7, 11) is 0. The van der Waals surface area contributed by atoms with Gasteiger partial charge in [0.05, 0.1) is 16.1 Å². The molecule has 0 aliphatic carbocycles. The van der Waals surface area contributed by atoms with Gasteiger partial charge in [0.2, 0.25) is 12.3 Å². The fourth-order valence-electron chi connectivity index (χ4n) is 2.26. The zero-order valence-corrected chi connectivity index (χ0v) is 15.3. The van der Waals surface area contributed by atoms with Gasteiger partial charge in [-0.15, -0.1) is 10.2 Å². The standard InChI is InChI=1S/C19H13ClN4O4/c1-11(17(25)23-15-7-6-14(9-21)16(20)8-15)28-19(26)13-4-2-12(3-5-13)18-24-22-10-27-18/h2-8,10-11H,1H3,(H,23,25)/t11-/m1/s1. The Labute approximate surface area is 164 Å². The number of anilines is 1. The maximum Gasteiger partial charge on any atom is 0.338 e. The fraction of sp³-hybridized carbons (Fsp3) is 0.105. The van der Waals surface area contributed by atoms with E-state index in [-0.39, 0.29) is 10.6 Å². The van der Waals surface area contributed by atoms with Crippen molar-refractivity contribution in [3.63, 3.8) is 0 Å². The number of nitriles is 1. The molecule has 1 amide bonds. The molecule has 0 fully saturated rings. The van der Waals surface area contributed by atoms with Gasteiger partial charge in [-0.1, -0.05) is 11.6 Å². The number of ether oxygens (including phenoxy) is 1. The van der Waals surface area contributed by atoms with E-state index in [9.17, 15) is 9.59 Å². The van der Waals surface area contributed by atoms with Crippen molar-refractivity contribution in [1.29, 1.82) is 5.26 Å². The predicted molar refractivity (Wildman–Crippen MR) is 99.4 cm³/mol. The number of hydrogen-bond acceptors (Lipinski definition) is 7. The van der Waals surface area contributed by atoms with E-state index in [0.717, 1.165) is 0 Å². The van der Waals surface area contributed by atoms with E-state index in [1.54, 1.807) is 12.1 Å². The van der Waals surface area contributed by atoms with Crippen LogP contribution < -0.4 is 5.32 Å². The van der Waals surface area contributed by atoms with Crippen LogP contribution in [0.1, 0.15) is 22.8 Å². The van der Waals surface area contributed by atoms with Crippen molar-refractivity contribution in [1.82, 2.24) is 10.2 Å².